The van der Waals surface area contributed by atoms with Crippen LogP contribution in [-0.4, -0.2) is 32.8 Å². The molecule has 29 heavy (non-hydrogen) atoms. The predicted molar refractivity (Wildman–Crippen MR) is 107 cm³/mol. The molecule has 0 fully saturated rings. The Morgan fingerprint density at radius 3 is 2.69 bits per heavy atom. The van der Waals surface area contributed by atoms with Crippen LogP contribution in [0.5, 0.6) is 5.75 Å². The first kappa shape index (κ1) is 18.2. The van der Waals surface area contributed by atoms with Gasteiger partial charge in [-0.25, -0.2) is 4.98 Å². The quantitative estimate of drug-likeness (QED) is 0.518. The second kappa shape index (κ2) is 7.85. The average Bonchev–Trinajstić information content (AvgIpc) is 3.38. The summed E-state index contributed by atoms with van der Waals surface area (Å²) in [6.45, 7) is 1.42. The molecule has 0 radical (unpaired) electrons. The minimum absolute atomic E-state index is 0.237. The monoisotopic (exact) mass is 390 g/mol. The zero-order chi connectivity index (χ0) is 20.2. The predicted octanol–water partition coefficient (Wildman–Crippen LogP) is 3.63. The lowest BCUT2D eigenvalue weighted by molar-refractivity contribution is -0.114. The molecule has 2 heterocycles. The SMILES string of the molecule is COc1cc(Nc2nc(NC(C)=O)n(-c3ccccc3)n2)ccc1-c1cnco1. The van der Waals surface area contributed by atoms with Crippen LogP contribution in [-0.2, 0) is 4.79 Å². The number of para-hydroxylation sites is 1. The van der Waals surface area contributed by atoms with Crippen molar-refractivity contribution >= 4 is 23.5 Å². The maximum Gasteiger partial charge on any atom is 0.248 e. The Morgan fingerprint density at radius 1 is 1.17 bits per heavy atom. The van der Waals surface area contributed by atoms with Gasteiger partial charge < -0.3 is 14.5 Å². The molecule has 2 N–H and O–H groups in total. The summed E-state index contributed by atoms with van der Waals surface area (Å²) in [7, 11) is 1.58. The molecule has 0 saturated heterocycles. The van der Waals surface area contributed by atoms with Gasteiger partial charge in [0, 0.05) is 18.7 Å². The molecule has 146 valence electrons. The van der Waals surface area contributed by atoms with Gasteiger partial charge in [0.1, 0.15) is 5.75 Å². The number of benzene rings is 2. The summed E-state index contributed by atoms with van der Waals surface area (Å²) in [6, 6.07) is 14.9. The van der Waals surface area contributed by atoms with Crippen molar-refractivity contribution in [3.8, 4) is 22.8 Å². The number of hydrogen-bond donors (Lipinski definition) is 2. The smallest absolute Gasteiger partial charge is 0.248 e. The van der Waals surface area contributed by atoms with E-state index in [1.165, 1.54) is 13.3 Å². The minimum atomic E-state index is -0.237. The lowest BCUT2D eigenvalue weighted by Gasteiger charge is -2.09. The molecule has 2 aromatic heterocycles. The van der Waals surface area contributed by atoms with Crippen LogP contribution < -0.4 is 15.4 Å². The van der Waals surface area contributed by atoms with E-state index < -0.39 is 0 Å². The van der Waals surface area contributed by atoms with Gasteiger partial charge in [0.25, 0.3) is 0 Å². The lowest BCUT2D eigenvalue weighted by atomic mass is 10.1. The van der Waals surface area contributed by atoms with E-state index in [1.807, 2.05) is 42.5 Å². The van der Waals surface area contributed by atoms with Crippen molar-refractivity contribution in [2.45, 2.75) is 6.92 Å². The number of anilines is 3. The van der Waals surface area contributed by atoms with E-state index in [-0.39, 0.29) is 5.91 Å². The molecule has 9 heteroatoms. The van der Waals surface area contributed by atoms with Gasteiger partial charge in [-0.15, -0.1) is 5.10 Å². The number of nitrogens with one attached hydrogen (secondary N) is 2. The zero-order valence-corrected chi connectivity index (χ0v) is 15.8. The Hall–Kier alpha value is -4.14. The molecular weight excluding hydrogens is 372 g/mol. The molecule has 0 spiro atoms. The summed E-state index contributed by atoms with van der Waals surface area (Å²) in [4.78, 5) is 19.9. The van der Waals surface area contributed by atoms with Crippen LogP contribution >= 0.6 is 0 Å². The largest absolute Gasteiger partial charge is 0.496 e. The molecule has 0 bridgehead atoms. The van der Waals surface area contributed by atoms with Gasteiger partial charge >= 0.3 is 0 Å². The molecule has 2 aromatic carbocycles. The van der Waals surface area contributed by atoms with E-state index in [1.54, 1.807) is 24.1 Å². The highest BCUT2D eigenvalue weighted by Crippen LogP contribution is 2.33. The van der Waals surface area contributed by atoms with Gasteiger partial charge in [0.15, 0.2) is 12.2 Å². The number of rotatable bonds is 6. The minimum Gasteiger partial charge on any atom is -0.496 e. The van der Waals surface area contributed by atoms with Crippen molar-refractivity contribution in [1.82, 2.24) is 19.7 Å². The van der Waals surface area contributed by atoms with Gasteiger partial charge in [-0.05, 0) is 24.3 Å². The van der Waals surface area contributed by atoms with Crippen molar-refractivity contribution in [3.63, 3.8) is 0 Å². The van der Waals surface area contributed by atoms with Gasteiger partial charge in [0.2, 0.25) is 17.8 Å². The third-order valence-electron chi connectivity index (χ3n) is 4.05. The Morgan fingerprint density at radius 2 is 2.00 bits per heavy atom. The van der Waals surface area contributed by atoms with Crippen LogP contribution in [0.1, 0.15) is 6.92 Å². The molecule has 0 unspecified atom stereocenters. The summed E-state index contributed by atoms with van der Waals surface area (Å²) in [6.07, 6.45) is 2.98. The van der Waals surface area contributed by atoms with Gasteiger partial charge in [0.05, 0.1) is 24.6 Å². The summed E-state index contributed by atoms with van der Waals surface area (Å²) >= 11 is 0. The molecule has 1 amide bonds. The van der Waals surface area contributed by atoms with Crippen molar-refractivity contribution in [2.75, 3.05) is 17.7 Å². The van der Waals surface area contributed by atoms with Gasteiger partial charge in [-0.1, -0.05) is 18.2 Å². The van der Waals surface area contributed by atoms with E-state index in [4.69, 9.17) is 9.15 Å². The molecule has 0 atom stereocenters. The van der Waals surface area contributed by atoms with E-state index in [9.17, 15) is 4.79 Å². The fourth-order valence-electron chi connectivity index (χ4n) is 2.80. The molecule has 9 nitrogen and oxygen atoms in total. The maximum absolute atomic E-state index is 11.6. The second-order valence-electron chi connectivity index (χ2n) is 6.09. The molecule has 4 rings (SSSR count). The number of hydrogen-bond acceptors (Lipinski definition) is 7. The Bertz CT molecular complexity index is 1120. The Kier molecular flexibility index (Phi) is 4.93. The molecular formula is C20H18N6O3. The normalized spacial score (nSPS) is 10.6. The van der Waals surface area contributed by atoms with Gasteiger partial charge in [-0.2, -0.15) is 9.67 Å². The summed E-state index contributed by atoms with van der Waals surface area (Å²) in [5.41, 5.74) is 2.26. The third kappa shape index (κ3) is 3.93. The molecule has 0 saturated carbocycles. The topological polar surface area (TPSA) is 107 Å². The number of carbonyl (C=O) groups excluding carboxylic acids is 1. The van der Waals surface area contributed by atoms with Crippen LogP contribution in [0.4, 0.5) is 17.6 Å². The second-order valence-corrected chi connectivity index (χ2v) is 6.09. The fraction of sp³-hybridized carbons (Fsp3) is 0.100. The number of oxazole rings is 1. The number of carbonyl (C=O) groups is 1. The summed E-state index contributed by atoms with van der Waals surface area (Å²) in [5, 5.41) is 10.3. The van der Waals surface area contributed by atoms with Crippen LogP contribution in [0, 0.1) is 0 Å². The number of aromatic nitrogens is 4. The number of amides is 1. The van der Waals surface area contributed by atoms with E-state index in [2.05, 4.69) is 25.7 Å². The van der Waals surface area contributed by atoms with Crippen LogP contribution in [0.25, 0.3) is 17.0 Å². The molecule has 0 aliphatic heterocycles. The first-order valence-corrected chi connectivity index (χ1v) is 8.78. The molecule has 4 aromatic rings. The first-order chi connectivity index (χ1) is 14.1. The first-order valence-electron chi connectivity index (χ1n) is 8.78. The average molecular weight is 390 g/mol. The van der Waals surface area contributed by atoms with Crippen molar-refractivity contribution in [1.29, 1.82) is 0 Å². The highest BCUT2D eigenvalue weighted by molar-refractivity contribution is 5.87. The highest BCUT2D eigenvalue weighted by Gasteiger charge is 2.15. The standard InChI is InChI=1S/C20H18N6O3/c1-13(27)22-20-24-19(25-26(20)15-6-4-3-5-7-15)23-14-8-9-16(17(10-14)28-2)18-11-21-12-29-18/h3-12H,1-2H3,(H2,22,23,24,25,27). The summed E-state index contributed by atoms with van der Waals surface area (Å²) in [5.74, 6) is 1.62. The number of nitrogens with zero attached hydrogens (tertiary/aromatic N) is 4. The zero-order valence-electron chi connectivity index (χ0n) is 15.8. The number of ether oxygens (including phenoxy) is 1. The molecule has 0 aliphatic carbocycles. The van der Waals surface area contributed by atoms with Crippen LogP contribution in [0.15, 0.2) is 65.5 Å². The molecule has 0 aliphatic rings. The van der Waals surface area contributed by atoms with Crippen molar-refractivity contribution in [3.05, 3.63) is 61.1 Å². The maximum atomic E-state index is 11.6. The van der Waals surface area contributed by atoms with Crippen LogP contribution in [0.2, 0.25) is 0 Å². The van der Waals surface area contributed by atoms with E-state index in [0.29, 0.717) is 29.1 Å². The Balaban J connectivity index is 1.66. The Labute approximate surface area is 166 Å². The van der Waals surface area contributed by atoms with Crippen LogP contribution in [0.3, 0.4) is 0 Å². The lowest BCUT2D eigenvalue weighted by Crippen LogP contribution is -2.11. The van der Waals surface area contributed by atoms with Gasteiger partial charge in [-0.3, -0.25) is 10.1 Å². The number of methoxy groups -OCH3 is 1. The van der Waals surface area contributed by atoms with E-state index >= 15 is 0 Å². The third-order valence-corrected chi connectivity index (χ3v) is 4.05. The van der Waals surface area contributed by atoms with Crippen molar-refractivity contribution in [2.24, 2.45) is 0 Å². The highest BCUT2D eigenvalue weighted by atomic mass is 16.5. The summed E-state index contributed by atoms with van der Waals surface area (Å²) < 4.78 is 12.4. The van der Waals surface area contributed by atoms with Crippen molar-refractivity contribution < 1.29 is 13.9 Å². The fourth-order valence-corrected chi connectivity index (χ4v) is 2.80. The van der Waals surface area contributed by atoms with E-state index in [0.717, 1.165) is 11.3 Å².